The highest BCUT2D eigenvalue weighted by Gasteiger charge is 2.25. The zero-order valence-electron chi connectivity index (χ0n) is 16.4. The summed E-state index contributed by atoms with van der Waals surface area (Å²) in [5, 5.41) is 3.63. The Labute approximate surface area is 172 Å². The molecule has 0 saturated heterocycles. The Balaban J connectivity index is 2.01. The van der Waals surface area contributed by atoms with E-state index in [0.717, 1.165) is 0 Å². The molecule has 0 saturated carbocycles. The van der Waals surface area contributed by atoms with E-state index in [1.807, 2.05) is 13.8 Å². The maximum absolute atomic E-state index is 13.4. The molecule has 2 amide bonds. The Bertz CT molecular complexity index is 1120. The van der Waals surface area contributed by atoms with Crippen LogP contribution in [0, 0.1) is 5.82 Å². The van der Waals surface area contributed by atoms with Crippen LogP contribution in [0.25, 0.3) is 10.9 Å². The predicted molar refractivity (Wildman–Crippen MR) is 113 cm³/mol. The van der Waals surface area contributed by atoms with Gasteiger partial charge in [0.1, 0.15) is 11.6 Å². The Kier molecular flexibility index (Phi) is 6.17. The number of amides is 2. The topological polar surface area (TPSA) is 67.2 Å². The molecular formula is C21H22ClFN4O2. The van der Waals surface area contributed by atoms with E-state index in [4.69, 9.17) is 11.6 Å². The van der Waals surface area contributed by atoms with E-state index in [1.54, 1.807) is 35.9 Å². The largest absolute Gasteiger partial charge is 0.322 e. The minimum Gasteiger partial charge on any atom is -0.317 e. The fourth-order valence-electron chi connectivity index (χ4n) is 3.32. The molecule has 1 N–H and O–H groups in total. The van der Waals surface area contributed by atoms with Gasteiger partial charge in [-0.1, -0.05) is 24.6 Å². The number of nitrogens with zero attached hydrogens (tertiary/aromatic N) is 3. The van der Waals surface area contributed by atoms with Crippen LogP contribution in [-0.4, -0.2) is 27.5 Å². The first-order valence-corrected chi connectivity index (χ1v) is 9.72. The third kappa shape index (κ3) is 4.24. The lowest BCUT2D eigenvalue weighted by atomic mass is 10.1. The second kappa shape index (κ2) is 8.61. The minimum absolute atomic E-state index is 0.179. The number of hydrogen-bond acceptors (Lipinski definition) is 3. The normalized spacial score (nSPS) is 12.0. The van der Waals surface area contributed by atoms with Gasteiger partial charge in [0, 0.05) is 24.3 Å². The van der Waals surface area contributed by atoms with Crippen molar-refractivity contribution in [2.75, 3.05) is 12.4 Å². The van der Waals surface area contributed by atoms with E-state index >= 15 is 0 Å². The van der Waals surface area contributed by atoms with Gasteiger partial charge in [-0.05, 0) is 49.7 Å². The van der Waals surface area contributed by atoms with Crippen LogP contribution < -0.4 is 10.9 Å². The Morgan fingerprint density at radius 2 is 2.03 bits per heavy atom. The molecule has 0 bridgehead atoms. The molecule has 1 unspecified atom stereocenters. The zero-order valence-corrected chi connectivity index (χ0v) is 17.2. The molecule has 0 fully saturated rings. The highest BCUT2D eigenvalue weighted by Crippen LogP contribution is 2.24. The summed E-state index contributed by atoms with van der Waals surface area (Å²) >= 11 is 6.07. The molecular weight excluding hydrogens is 395 g/mol. The van der Waals surface area contributed by atoms with Crippen LogP contribution in [0.3, 0.4) is 0 Å². The van der Waals surface area contributed by atoms with E-state index in [9.17, 15) is 14.0 Å². The molecule has 2 aromatic carbocycles. The van der Waals surface area contributed by atoms with Gasteiger partial charge in [0.2, 0.25) is 0 Å². The van der Waals surface area contributed by atoms with Crippen molar-refractivity contribution in [3.8, 4) is 0 Å². The first-order chi connectivity index (χ1) is 13.8. The van der Waals surface area contributed by atoms with Gasteiger partial charge in [-0.3, -0.25) is 9.36 Å². The summed E-state index contributed by atoms with van der Waals surface area (Å²) in [6, 6.07) is 9.74. The second-order valence-electron chi connectivity index (χ2n) is 6.66. The number of halogens is 2. The molecule has 29 heavy (non-hydrogen) atoms. The van der Waals surface area contributed by atoms with Crippen LogP contribution >= 0.6 is 11.6 Å². The highest BCUT2D eigenvalue weighted by atomic mass is 35.5. The summed E-state index contributed by atoms with van der Waals surface area (Å²) in [7, 11) is 1.62. The molecule has 0 aliphatic carbocycles. The van der Waals surface area contributed by atoms with E-state index in [2.05, 4.69) is 10.3 Å². The van der Waals surface area contributed by atoms with Gasteiger partial charge in [0.05, 0.1) is 16.9 Å². The average Bonchev–Trinajstić information content (AvgIpc) is 2.68. The maximum atomic E-state index is 13.4. The van der Waals surface area contributed by atoms with Gasteiger partial charge in [0.15, 0.2) is 0 Å². The van der Waals surface area contributed by atoms with E-state index in [0.29, 0.717) is 40.4 Å². The molecule has 1 heterocycles. The summed E-state index contributed by atoms with van der Waals surface area (Å²) in [4.78, 5) is 31.8. The first kappa shape index (κ1) is 20.8. The van der Waals surface area contributed by atoms with Crippen molar-refractivity contribution in [3.05, 3.63) is 69.5 Å². The third-order valence-electron chi connectivity index (χ3n) is 4.81. The van der Waals surface area contributed by atoms with Gasteiger partial charge in [-0.2, -0.15) is 0 Å². The van der Waals surface area contributed by atoms with Gasteiger partial charge in [0.25, 0.3) is 5.56 Å². The van der Waals surface area contributed by atoms with Crippen LogP contribution in [0.2, 0.25) is 5.02 Å². The molecule has 0 radical (unpaired) electrons. The van der Waals surface area contributed by atoms with Crippen molar-refractivity contribution in [2.45, 2.75) is 32.9 Å². The molecule has 0 spiro atoms. The van der Waals surface area contributed by atoms with Gasteiger partial charge >= 0.3 is 6.03 Å². The SMILES string of the molecule is CCC(c1nc2cc(Cl)ccc2c(=O)n1CC)N(C)C(=O)Nc1cccc(F)c1. The lowest BCUT2D eigenvalue weighted by molar-refractivity contribution is 0.198. The number of carbonyl (C=O) groups is 1. The number of benzene rings is 2. The number of anilines is 1. The monoisotopic (exact) mass is 416 g/mol. The lowest BCUT2D eigenvalue weighted by Crippen LogP contribution is -2.38. The molecule has 1 atom stereocenters. The van der Waals surface area contributed by atoms with Crippen molar-refractivity contribution >= 4 is 34.2 Å². The van der Waals surface area contributed by atoms with Gasteiger partial charge in [-0.15, -0.1) is 0 Å². The first-order valence-electron chi connectivity index (χ1n) is 9.35. The maximum Gasteiger partial charge on any atom is 0.322 e. The minimum atomic E-state index is -0.459. The lowest BCUT2D eigenvalue weighted by Gasteiger charge is -2.29. The van der Waals surface area contributed by atoms with Crippen LogP contribution in [-0.2, 0) is 6.54 Å². The number of fused-ring (bicyclic) bond motifs is 1. The van der Waals surface area contributed by atoms with Crippen molar-refractivity contribution in [2.24, 2.45) is 0 Å². The molecule has 6 nitrogen and oxygen atoms in total. The Hall–Kier alpha value is -2.93. The second-order valence-corrected chi connectivity index (χ2v) is 7.09. The van der Waals surface area contributed by atoms with Gasteiger partial charge < -0.3 is 10.2 Å². The molecule has 0 aliphatic heterocycles. The number of nitrogens with one attached hydrogen (secondary N) is 1. The summed E-state index contributed by atoms with van der Waals surface area (Å²) in [5.41, 5.74) is 0.656. The highest BCUT2D eigenvalue weighted by molar-refractivity contribution is 6.31. The van der Waals surface area contributed by atoms with Crippen LogP contribution in [0.1, 0.15) is 32.1 Å². The third-order valence-corrected chi connectivity index (χ3v) is 5.05. The smallest absolute Gasteiger partial charge is 0.317 e. The quantitative estimate of drug-likeness (QED) is 0.648. The number of carbonyl (C=O) groups excluding carboxylic acids is 1. The van der Waals surface area contributed by atoms with Crippen molar-refractivity contribution in [3.63, 3.8) is 0 Å². The van der Waals surface area contributed by atoms with Crippen LogP contribution in [0.15, 0.2) is 47.3 Å². The van der Waals surface area contributed by atoms with Crippen LogP contribution in [0.4, 0.5) is 14.9 Å². The number of aromatic nitrogens is 2. The van der Waals surface area contributed by atoms with Crippen molar-refractivity contribution in [1.82, 2.24) is 14.5 Å². The molecule has 3 rings (SSSR count). The number of rotatable bonds is 5. The standard InChI is InChI=1S/C21H22ClFN4O2/c1-4-18(26(3)21(29)24-15-8-6-7-14(23)12-15)19-25-17-11-13(22)9-10-16(17)20(28)27(19)5-2/h6-12,18H,4-5H2,1-3H3,(H,24,29). The van der Waals surface area contributed by atoms with Crippen LogP contribution in [0.5, 0.6) is 0 Å². The molecule has 3 aromatic rings. The number of hydrogen-bond donors (Lipinski definition) is 1. The van der Waals surface area contributed by atoms with Crippen molar-refractivity contribution in [1.29, 1.82) is 0 Å². The Morgan fingerprint density at radius 3 is 2.69 bits per heavy atom. The molecule has 0 aliphatic rings. The molecule has 1 aromatic heterocycles. The average molecular weight is 417 g/mol. The zero-order chi connectivity index (χ0) is 21.1. The predicted octanol–water partition coefficient (Wildman–Crippen LogP) is 4.82. The molecule has 152 valence electrons. The summed E-state index contributed by atoms with van der Waals surface area (Å²) in [5.74, 6) is 0.0389. The van der Waals surface area contributed by atoms with E-state index in [1.165, 1.54) is 23.1 Å². The summed E-state index contributed by atoms with van der Waals surface area (Å²) in [6.45, 7) is 4.18. The Morgan fingerprint density at radius 1 is 1.28 bits per heavy atom. The fraction of sp³-hybridized carbons (Fsp3) is 0.286. The van der Waals surface area contributed by atoms with E-state index in [-0.39, 0.29) is 5.56 Å². The molecule has 8 heteroatoms. The summed E-state index contributed by atoms with van der Waals surface area (Å²) in [6.07, 6.45) is 0.533. The summed E-state index contributed by atoms with van der Waals surface area (Å²) < 4.78 is 15.0. The number of urea groups is 1. The van der Waals surface area contributed by atoms with Crippen molar-refractivity contribution < 1.29 is 9.18 Å². The van der Waals surface area contributed by atoms with E-state index < -0.39 is 17.9 Å². The van der Waals surface area contributed by atoms with Gasteiger partial charge in [-0.25, -0.2) is 14.2 Å². The fourth-order valence-corrected chi connectivity index (χ4v) is 3.49.